The van der Waals surface area contributed by atoms with E-state index in [4.69, 9.17) is 4.98 Å². The second-order valence-corrected chi connectivity index (χ2v) is 7.32. The zero-order valence-electron chi connectivity index (χ0n) is 13.9. The molecule has 1 spiro atoms. The summed E-state index contributed by atoms with van der Waals surface area (Å²) in [6, 6.07) is 6.38. The van der Waals surface area contributed by atoms with E-state index in [1.807, 2.05) is 30.0 Å². The zero-order chi connectivity index (χ0) is 16.1. The van der Waals surface area contributed by atoms with E-state index in [-0.39, 0.29) is 0 Å². The smallest absolute Gasteiger partial charge is 0.154 e. The van der Waals surface area contributed by atoms with E-state index >= 15 is 0 Å². The fourth-order valence-electron chi connectivity index (χ4n) is 4.42. The maximum Gasteiger partial charge on any atom is 0.154 e. The van der Waals surface area contributed by atoms with Crippen LogP contribution in [-0.4, -0.2) is 32.7 Å². The van der Waals surface area contributed by atoms with Crippen LogP contribution in [0.2, 0.25) is 0 Å². The van der Waals surface area contributed by atoms with Crippen LogP contribution in [0, 0.1) is 12.3 Å². The van der Waals surface area contributed by atoms with Crippen molar-refractivity contribution in [2.45, 2.75) is 32.6 Å². The second kappa shape index (κ2) is 5.03. The van der Waals surface area contributed by atoms with Gasteiger partial charge in [0.25, 0.3) is 0 Å². The van der Waals surface area contributed by atoms with Gasteiger partial charge in [-0.3, -0.25) is 4.98 Å². The second-order valence-electron chi connectivity index (χ2n) is 7.32. The quantitative estimate of drug-likeness (QED) is 0.692. The Labute approximate surface area is 141 Å². The number of piperidine rings is 1. The van der Waals surface area contributed by atoms with E-state index in [0.717, 1.165) is 36.5 Å². The topological polar surface area (TPSA) is 46.3 Å². The highest BCUT2D eigenvalue weighted by atomic mass is 15.3. The highest BCUT2D eigenvalue weighted by molar-refractivity contribution is 5.68. The zero-order valence-corrected chi connectivity index (χ0v) is 13.9. The monoisotopic (exact) mass is 319 g/mol. The van der Waals surface area contributed by atoms with Gasteiger partial charge in [0, 0.05) is 25.0 Å². The lowest BCUT2D eigenvalue weighted by molar-refractivity contribution is 0.231. The van der Waals surface area contributed by atoms with Crippen molar-refractivity contribution in [1.82, 2.24) is 19.6 Å². The fraction of sp³-hybridized carbons (Fsp3) is 0.421. The Bertz CT molecular complexity index is 878. The van der Waals surface area contributed by atoms with Crippen molar-refractivity contribution in [3.8, 4) is 0 Å². The predicted molar refractivity (Wildman–Crippen MR) is 93.2 cm³/mol. The number of pyridine rings is 1. The Morgan fingerprint density at radius 2 is 1.96 bits per heavy atom. The molecule has 0 aromatic carbocycles. The van der Waals surface area contributed by atoms with E-state index in [0.29, 0.717) is 5.41 Å². The third-order valence-corrected chi connectivity index (χ3v) is 5.71. The van der Waals surface area contributed by atoms with Crippen LogP contribution < -0.4 is 4.90 Å². The number of aryl methyl sites for hydroxylation is 1. The average molecular weight is 319 g/mol. The Morgan fingerprint density at radius 3 is 2.79 bits per heavy atom. The molecular formula is C19H21N5. The maximum absolute atomic E-state index is 4.80. The SMILES string of the molecule is Cc1cn2nccc2c(N2CCC3(CC2)Cc2cccnc2C3)n1. The fourth-order valence-corrected chi connectivity index (χ4v) is 4.42. The number of hydrogen-bond donors (Lipinski definition) is 0. The van der Waals surface area contributed by atoms with Gasteiger partial charge in [0.15, 0.2) is 5.82 Å². The Balaban J connectivity index is 1.40. The van der Waals surface area contributed by atoms with Gasteiger partial charge in [-0.2, -0.15) is 5.10 Å². The lowest BCUT2D eigenvalue weighted by atomic mass is 9.76. The van der Waals surface area contributed by atoms with Crippen molar-refractivity contribution < 1.29 is 0 Å². The first-order valence-corrected chi connectivity index (χ1v) is 8.71. The third kappa shape index (κ3) is 2.11. The molecular weight excluding hydrogens is 298 g/mol. The summed E-state index contributed by atoms with van der Waals surface area (Å²) < 4.78 is 1.94. The molecule has 5 rings (SSSR count). The summed E-state index contributed by atoms with van der Waals surface area (Å²) in [4.78, 5) is 11.8. The van der Waals surface area contributed by atoms with Crippen molar-refractivity contribution in [3.63, 3.8) is 0 Å². The molecule has 0 unspecified atom stereocenters. The van der Waals surface area contributed by atoms with Gasteiger partial charge in [0.05, 0.1) is 18.1 Å². The van der Waals surface area contributed by atoms with Crippen molar-refractivity contribution in [1.29, 1.82) is 0 Å². The minimum Gasteiger partial charge on any atom is -0.355 e. The van der Waals surface area contributed by atoms with Gasteiger partial charge in [0.1, 0.15) is 5.52 Å². The standard InChI is InChI=1S/C19H21N5/c1-14-13-24-17(4-8-21-24)18(22-14)23-9-5-19(6-10-23)11-15-3-2-7-20-16(15)12-19/h2-4,7-8,13H,5-6,9-12H2,1H3. The molecule has 1 aliphatic heterocycles. The minimum atomic E-state index is 0.410. The first-order valence-electron chi connectivity index (χ1n) is 8.71. The van der Waals surface area contributed by atoms with Crippen LogP contribution in [0.15, 0.2) is 36.8 Å². The van der Waals surface area contributed by atoms with Crippen LogP contribution >= 0.6 is 0 Å². The van der Waals surface area contributed by atoms with Crippen LogP contribution in [-0.2, 0) is 12.8 Å². The maximum atomic E-state index is 4.80. The summed E-state index contributed by atoms with van der Waals surface area (Å²) >= 11 is 0. The predicted octanol–water partition coefficient (Wildman–Crippen LogP) is 2.82. The number of nitrogens with zero attached hydrogens (tertiary/aromatic N) is 5. The number of rotatable bonds is 1. The molecule has 4 heterocycles. The molecule has 0 amide bonds. The molecule has 0 radical (unpaired) electrons. The Hall–Kier alpha value is -2.43. The van der Waals surface area contributed by atoms with Gasteiger partial charge >= 0.3 is 0 Å². The van der Waals surface area contributed by atoms with Crippen molar-refractivity contribution in [3.05, 3.63) is 53.7 Å². The van der Waals surface area contributed by atoms with Crippen molar-refractivity contribution >= 4 is 11.3 Å². The molecule has 1 saturated heterocycles. The van der Waals surface area contributed by atoms with Crippen LogP contribution in [0.3, 0.4) is 0 Å². The largest absolute Gasteiger partial charge is 0.355 e. The van der Waals surface area contributed by atoms with E-state index in [1.54, 1.807) is 0 Å². The Morgan fingerprint density at radius 1 is 1.08 bits per heavy atom. The van der Waals surface area contributed by atoms with Gasteiger partial charge in [-0.05, 0) is 55.7 Å². The summed E-state index contributed by atoms with van der Waals surface area (Å²) in [5.41, 5.74) is 5.30. The van der Waals surface area contributed by atoms with E-state index < -0.39 is 0 Å². The number of fused-ring (bicyclic) bond motifs is 2. The van der Waals surface area contributed by atoms with Gasteiger partial charge in [-0.25, -0.2) is 9.50 Å². The lowest BCUT2D eigenvalue weighted by Gasteiger charge is -2.40. The molecule has 0 saturated carbocycles. The molecule has 1 fully saturated rings. The lowest BCUT2D eigenvalue weighted by Crippen LogP contribution is -2.41. The highest BCUT2D eigenvalue weighted by Crippen LogP contribution is 2.44. The van der Waals surface area contributed by atoms with Gasteiger partial charge in [0.2, 0.25) is 0 Å². The van der Waals surface area contributed by atoms with Gasteiger partial charge in [-0.15, -0.1) is 0 Å². The molecule has 2 aliphatic rings. The van der Waals surface area contributed by atoms with Crippen LogP contribution in [0.25, 0.3) is 5.52 Å². The minimum absolute atomic E-state index is 0.410. The van der Waals surface area contributed by atoms with E-state index in [9.17, 15) is 0 Å². The molecule has 5 nitrogen and oxygen atoms in total. The normalized spacial score (nSPS) is 19.1. The number of anilines is 1. The van der Waals surface area contributed by atoms with Crippen molar-refractivity contribution in [2.24, 2.45) is 5.41 Å². The first kappa shape index (κ1) is 14.0. The average Bonchev–Trinajstić information content (AvgIpc) is 3.18. The van der Waals surface area contributed by atoms with Crippen LogP contribution in [0.5, 0.6) is 0 Å². The molecule has 0 bridgehead atoms. The van der Waals surface area contributed by atoms with Crippen LogP contribution in [0.4, 0.5) is 5.82 Å². The molecule has 0 N–H and O–H groups in total. The highest BCUT2D eigenvalue weighted by Gasteiger charge is 2.40. The molecule has 5 heteroatoms. The molecule has 1 aliphatic carbocycles. The summed E-state index contributed by atoms with van der Waals surface area (Å²) in [6.45, 7) is 4.16. The van der Waals surface area contributed by atoms with Gasteiger partial charge in [-0.1, -0.05) is 6.07 Å². The molecule has 3 aromatic rings. The van der Waals surface area contributed by atoms with Gasteiger partial charge < -0.3 is 4.90 Å². The van der Waals surface area contributed by atoms with Crippen LogP contribution in [0.1, 0.15) is 29.8 Å². The number of aromatic nitrogens is 4. The summed E-state index contributed by atoms with van der Waals surface area (Å²) in [5.74, 6) is 1.08. The Kier molecular flexibility index (Phi) is 2.93. The molecule has 24 heavy (non-hydrogen) atoms. The van der Waals surface area contributed by atoms with Crippen molar-refractivity contribution in [2.75, 3.05) is 18.0 Å². The first-order chi connectivity index (χ1) is 11.7. The molecule has 122 valence electrons. The van der Waals surface area contributed by atoms with E-state index in [1.165, 1.54) is 30.5 Å². The summed E-state index contributed by atoms with van der Waals surface area (Å²) in [7, 11) is 0. The van der Waals surface area contributed by atoms with E-state index in [2.05, 4.69) is 33.2 Å². The molecule has 0 atom stereocenters. The molecule has 3 aromatic heterocycles. The third-order valence-electron chi connectivity index (χ3n) is 5.71. The number of hydrogen-bond acceptors (Lipinski definition) is 4. The summed E-state index contributed by atoms with van der Waals surface area (Å²) in [5, 5.41) is 4.37. The summed E-state index contributed by atoms with van der Waals surface area (Å²) in [6.07, 6.45) is 10.5.